The average molecular weight is 434 g/mol. The van der Waals surface area contributed by atoms with E-state index in [-0.39, 0.29) is 5.82 Å². The largest absolute Gasteiger partial charge is 0.388 e. The maximum Gasteiger partial charge on any atom is 0.280 e. The standard InChI is InChI=1S/C20H20ClN3O6/c21-13-7-3-1-5-11(13)18-23-14-8-4-2-6-12(14)19(28)24(18)22-10-20(29)17(27)16(26)15(25)9-30-20/h1-8,15-17,22,25-27,29H,9-10H2/t15-,16-,17-,20-/m1/s1. The Morgan fingerprint density at radius 1 is 1.17 bits per heavy atom. The molecule has 0 amide bonds. The first-order valence-corrected chi connectivity index (χ1v) is 9.61. The second kappa shape index (κ2) is 7.95. The fourth-order valence-electron chi connectivity index (χ4n) is 3.34. The molecule has 9 nitrogen and oxygen atoms in total. The zero-order valence-corrected chi connectivity index (χ0v) is 16.4. The Balaban J connectivity index is 1.78. The van der Waals surface area contributed by atoms with Gasteiger partial charge in [0, 0.05) is 5.56 Å². The maximum atomic E-state index is 13.2. The summed E-state index contributed by atoms with van der Waals surface area (Å²) in [6.07, 6.45) is -4.76. The quantitative estimate of drug-likeness (QED) is 0.389. The molecule has 1 saturated heterocycles. The van der Waals surface area contributed by atoms with Crippen LogP contribution in [0.15, 0.2) is 53.3 Å². The summed E-state index contributed by atoms with van der Waals surface area (Å²) in [5.74, 6) is -2.06. The molecule has 30 heavy (non-hydrogen) atoms. The van der Waals surface area contributed by atoms with Gasteiger partial charge in [-0.2, -0.15) is 0 Å². The van der Waals surface area contributed by atoms with E-state index < -0.39 is 42.8 Å². The maximum absolute atomic E-state index is 13.2. The summed E-state index contributed by atoms with van der Waals surface area (Å²) >= 11 is 6.31. The third-order valence-electron chi connectivity index (χ3n) is 5.06. The Morgan fingerprint density at radius 3 is 2.63 bits per heavy atom. The summed E-state index contributed by atoms with van der Waals surface area (Å²) in [7, 11) is 0. The summed E-state index contributed by atoms with van der Waals surface area (Å²) in [4.78, 5) is 17.7. The van der Waals surface area contributed by atoms with Crippen LogP contribution in [0.1, 0.15) is 0 Å². The minimum Gasteiger partial charge on any atom is -0.388 e. The number of nitrogens with zero attached hydrogens (tertiary/aromatic N) is 2. The summed E-state index contributed by atoms with van der Waals surface area (Å²) in [6.45, 7) is -0.867. The van der Waals surface area contributed by atoms with E-state index in [0.717, 1.165) is 4.68 Å². The summed E-state index contributed by atoms with van der Waals surface area (Å²) in [5.41, 5.74) is 3.21. The van der Waals surface area contributed by atoms with Crippen LogP contribution < -0.4 is 11.0 Å². The Morgan fingerprint density at radius 2 is 1.87 bits per heavy atom. The second-order valence-electron chi connectivity index (χ2n) is 7.07. The van der Waals surface area contributed by atoms with Gasteiger partial charge in [0.05, 0.1) is 29.1 Å². The fraction of sp³-hybridized carbons (Fsp3) is 0.300. The molecule has 0 aliphatic carbocycles. The molecule has 1 aliphatic rings. The van der Waals surface area contributed by atoms with Crippen molar-refractivity contribution >= 4 is 22.5 Å². The van der Waals surface area contributed by atoms with Gasteiger partial charge in [-0.25, -0.2) is 9.66 Å². The van der Waals surface area contributed by atoms with E-state index in [0.29, 0.717) is 21.5 Å². The molecular formula is C20H20ClN3O6. The SMILES string of the molecule is O=c1c2ccccc2nc(-c2ccccc2Cl)n1NC[C@@]1(O)OC[C@@H](O)[C@@H](O)[C@H]1O. The van der Waals surface area contributed by atoms with Crippen LogP contribution in [0.25, 0.3) is 22.3 Å². The molecule has 158 valence electrons. The van der Waals surface area contributed by atoms with Crippen LogP contribution in [-0.4, -0.2) is 67.3 Å². The van der Waals surface area contributed by atoms with E-state index in [1.165, 1.54) is 0 Å². The van der Waals surface area contributed by atoms with Crippen molar-refractivity contribution in [2.45, 2.75) is 24.1 Å². The van der Waals surface area contributed by atoms with Crippen molar-refractivity contribution in [3.8, 4) is 11.4 Å². The van der Waals surface area contributed by atoms with E-state index in [1.807, 2.05) is 0 Å². The molecule has 0 bridgehead atoms. The van der Waals surface area contributed by atoms with Gasteiger partial charge in [0.1, 0.15) is 18.3 Å². The zero-order chi connectivity index (χ0) is 21.5. The molecular weight excluding hydrogens is 414 g/mol. The highest BCUT2D eigenvalue weighted by Crippen LogP contribution is 2.27. The monoisotopic (exact) mass is 433 g/mol. The number of halogens is 1. The number of aliphatic hydroxyl groups excluding tert-OH is 3. The van der Waals surface area contributed by atoms with Gasteiger partial charge in [0.15, 0.2) is 5.82 Å². The number of para-hydroxylation sites is 1. The molecule has 3 aromatic rings. The Kier molecular flexibility index (Phi) is 5.49. The van der Waals surface area contributed by atoms with Crippen molar-refractivity contribution in [3.63, 3.8) is 0 Å². The minimum atomic E-state index is -2.25. The van der Waals surface area contributed by atoms with Crippen molar-refractivity contribution in [2.75, 3.05) is 18.6 Å². The molecule has 1 aliphatic heterocycles. The zero-order valence-electron chi connectivity index (χ0n) is 15.6. The lowest BCUT2D eigenvalue weighted by atomic mass is 9.97. The predicted molar refractivity (Wildman–Crippen MR) is 110 cm³/mol. The molecule has 0 unspecified atom stereocenters. The molecule has 0 spiro atoms. The number of rotatable bonds is 4. The minimum absolute atomic E-state index is 0.193. The van der Waals surface area contributed by atoms with Crippen LogP contribution in [0.3, 0.4) is 0 Å². The van der Waals surface area contributed by atoms with Crippen molar-refractivity contribution < 1.29 is 25.2 Å². The number of benzene rings is 2. The molecule has 10 heteroatoms. The number of fused-ring (bicyclic) bond motifs is 1. The number of ether oxygens (including phenoxy) is 1. The number of aromatic nitrogens is 2. The number of hydrogen-bond donors (Lipinski definition) is 5. The Hall–Kier alpha value is -2.53. The first-order chi connectivity index (χ1) is 14.3. The van der Waals surface area contributed by atoms with Crippen LogP contribution >= 0.6 is 11.6 Å². The lowest BCUT2D eigenvalue weighted by molar-refractivity contribution is -0.314. The van der Waals surface area contributed by atoms with Crippen molar-refractivity contribution in [1.29, 1.82) is 0 Å². The van der Waals surface area contributed by atoms with Gasteiger partial charge in [-0.15, -0.1) is 0 Å². The van der Waals surface area contributed by atoms with E-state index in [4.69, 9.17) is 16.3 Å². The van der Waals surface area contributed by atoms with Crippen LogP contribution in [0, 0.1) is 0 Å². The van der Waals surface area contributed by atoms with Crippen LogP contribution in [-0.2, 0) is 4.74 Å². The van der Waals surface area contributed by atoms with Crippen LogP contribution in [0.5, 0.6) is 0 Å². The van der Waals surface area contributed by atoms with E-state index in [9.17, 15) is 25.2 Å². The summed E-state index contributed by atoms with van der Waals surface area (Å²) in [6, 6.07) is 13.6. The second-order valence-corrected chi connectivity index (χ2v) is 7.47. The van der Waals surface area contributed by atoms with E-state index in [1.54, 1.807) is 48.5 Å². The molecule has 0 saturated carbocycles. The van der Waals surface area contributed by atoms with Gasteiger partial charge < -0.3 is 30.6 Å². The van der Waals surface area contributed by atoms with Crippen LogP contribution in [0.4, 0.5) is 0 Å². The Bertz CT molecular complexity index is 1140. The van der Waals surface area contributed by atoms with Gasteiger partial charge in [0.25, 0.3) is 5.56 Å². The normalized spacial score (nSPS) is 26.6. The summed E-state index contributed by atoms with van der Waals surface area (Å²) in [5, 5.41) is 41.0. The third kappa shape index (κ3) is 3.56. The highest BCUT2D eigenvalue weighted by atomic mass is 35.5. The van der Waals surface area contributed by atoms with E-state index in [2.05, 4.69) is 10.4 Å². The molecule has 2 heterocycles. The molecule has 5 N–H and O–H groups in total. The van der Waals surface area contributed by atoms with Crippen LogP contribution in [0.2, 0.25) is 5.02 Å². The van der Waals surface area contributed by atoms with Crippen molar-refractivity contribution in [3.05, 3.63) is 63.9 Å². The third-order valence-corrected chi connectivity index (χ3v) is 5.39. The summed E-state index contributed by atoms with van der Waals surface area (Å²) < 4.78 is 6.26. The lowest BCUT2D eigenvalue weighted by Crippen LogP contribution is -2.64. The highest BCUT2D eigenvalue weighted by Gasteiger charge is 2.48. The predicted octanol–water partition coefficient (Wildman–Crippen LogP) is 0.0619. The molecule has 1 aromatic heterocycles. The van der Waals surface area contributed by atoms with E-state index >= 15 is 0 Å². The van der Waals surface area contributed by atoms with Gasteiger partial charge in [-0.3, -0.25) is 4.79 Å². The van der Waals surface area contributed by atoms with Crippen molar-refractivity contribution in [1.82, 2.24) is 9.66 Å². The Labute approximate surface area is 175 Å². The van der Waals surface area contributed by atoms with Gasteiger partial charge in [-0.1, -0.05) is 35.9 Å². The molecule has 2 aromatic carbocycles. The molecule has 4 atom stereocenters. The first kappa shape index (κ1) is 20.7. The van der Waals surface area contributed by atoms with Gasteiger partial charge >= 0.3 is 0 Å². The highest BCUT2D eigenvalue weighted by molar-refractivity contribution is 6.33. The number of nitrogens with one attached hydrogen (secondary N) is 1. The smallest absolute Gasteiger partial charge is 0.280 e. The fourth-order valence-corrected chi connectivity index (χ4v) is 3.56. The number of hydrogen-bond acceptors (Lipinski definition) is 8. The topological polar surface area (TPSA) is 137 Å². The number of aliphatic hydroxyl groups is 4. The van der Waals surface area contributed by atoms with Gasteiger partial charge in [-0.05, 0) is 24.3 Å². The molecule has 4 rings (SSSR count). The molecule has 1 fully saturated rings. The van der Waals surface area contributed by atoms with Gasteiger partial charge in [0.2, 0.25) is 5.79 Å². The first-order valence-electron chi connectivity index (χ1n) is 9.23. The average Bonchev–Trinajstić information content (AvgIpc) is 2.75. The lowest BCUT2D eigenvalue weighted by Gasteiger charge is -2.41. The van der Waals surface area contributed by atoms with Crippen molar-refractivity contribution in [2.24, 2.45) is 0 Å². The molecule has 0 radical (unpaired) electrons.